The standard InChI is InChI=1S/C11H13NO4.I2/c1-8(11(13)16-2)7-9-3-5-10(6-4-9)12(14)15;1-2/h3-6,8H,7H2,1-2H3;/t8-;/m0./s1. The zero-order valence-corrected chi connectivity index (χ0v) is 14.2. The molecule has 0 unspecified atom stereocenters. The van der Waals surface area contributed by atoms with E-state index >= 15 is 0 Å². The van der Waals surface area contributed by atoms with Crippen LogP contribution in [0.4, 0.5) is 5.69 Å². The monoisotopic (exact) mass is 477 g/mol. The van der Waals surface area contributed by atoms with Crippen LogP contribution >= 0.6 is 37.2 Å². The number of esters is 1. The number of nitro groups is 1. The molecular formula is C11H13I2NO4. The van der Waals surface area contributed by atoms with E-state index in [1.165, 1.54) is 19.2 Å². The van der Waals surface area contributed by atoms with Crippen molar-refractivity contribution in [2.45, 2.75) is 13.3 Å². The van der Waals surface area contributed by atoms with Crippen LogP contribution in [0.25, 0.3) is 0 Å². The lowest BCUT2D eigenvalue weighted by Gasteiger charge is -2.08. The number of nitro benzene ring substituents is 1. The Labute approximate surface area is 129 Å². The van der Waals surface area contributed by atoms with E-state index in [2.05, 4.69) is 42.0 Å². The normalized spacial score (nSPS) is 10.9. The van der Waals surface area contributed by atoms with Gasteiger partial charge in [-0.2, -0.15) is 0 Å². The van der Waals surface area contributed by atoms with Crippen LogP contribution in [0, 0.1) is 16.0 Å². The highest BCUT2D eigenvalue weighted by Gasteiger charge is 2.14. The average molecular weight is 477 g/mol. The Balaban J connectivity index is 0.00000137. The summed E-state index contributed by atoms with van der Waals surface area (Å²) in [5.74, 6) is -0.523. The van der Waals surface area contributed by atoms with Crippen molar-refractivity contribution in [3.05, 3.63) is 39.9 Å². The maximum Gasteiger partial charge on any atom is 0.308 e. The summed E-state index contributed by atoms with van der Waals surface area (Å²) in [7, 11) is 1.34. The van der Waals surface area contributed by atoms with Gasteiger partial charge in [0.05, 0.1) is 18.0 Å². The summed E-state index contributed by atoms with van der Waals surface area (Å²) in [5, 5.41) is 10.4. The summed E-state index contributed by atoms with van der Waals surface area (Å²) in [6.07, 6.45) is 0.519. The number of nitrogens with zero attached hydrogens (tertiary/aromatic N) is 1. The van der Waals surface area contributed by atoms with E-state index in [9.17, 15) is 14.9 Å². The Morgan fingerprint density at radius 3 is 2.28 bits per heavy atom. The van der Waals surface area contributed by atoms with E-state index in [1.807, 2.05) is 0 Å². The molecule has 0 aromatic heterocycles. The van der Waals surface area contributed by atoms with Crippen LogP contribution in [-0.4, -0.2) is 18.0 Å². The fourth-order valence-corrected chi connectivity index (χ4v) is 1.39. The van der Waals surface area contributed by atoms with Crippen molar-refractivity contribution in [1.29, 1.82) is 0 Å². The molecular weight excluding hydrogens is 464 g/mol. The first-order valence-electron chi connectivity index (χ1n) is 5.00. The van der Waals surface area contributed by atoms with Gasteiger partial charge < -0.3 is 4.74 Å². The summed E-state index contributed by atoms with van der Waals surface area (Å²) >= 11 is 4.24. The minimum atomic E-state index is -0.451. The lowest BCUT2D eigenvalue weighted by Crippen LogP contribution is -2.15. The van der Waals surface area contributed by atoms with E-state index < -0.39 is 4.92 Å². The fraction of sp³-hybridized carbons (Fsp3) is 0.364. The van der Waals surface area contributed by atoms with Gasteiger partial charge in [-0.05, 0) is 12.0 Å². The van der Waals surface area contributed by atoms with Gasteiger partial charge in [-0.1, -0.05) is 19.1 Å². The molecule has 0 spiro atoms. The maximum atomic E-state index is 11.2. The SMILES string of the molecule is COC(=O)[C@@H](C)Cc1ccc([N+](=O)[O-])cc1.II. The van der Waals surface area contributed by atoms with Crippen molar-refractivity contribution >= 4 is 48.9 Å². The smallest absolute Gasteiger partial charge is 0.308 e. The number of non-ortho nitro benzene ring substituents is 1. The average Bonchev–Trinajstić information content (AvgIpc) is 2.40. The van der Waals surface area contributed by atoms with Crippen molar-refractivity contribution in [3.8, 4) is 0 Å². The third kappa shape index (κ3) is 5.94. The number of carbonyl (C=O) groups excluding carboxylic acids is 1. The third-order valence-electron chi connectivity index (χ3n) is 2.29. The number of hydrogen-bond donors (Lipinski definition) is 0. The largest absolute Gasteiger partial charge is 0.469 e. The van der Waals surface area contributed by atoms with Crippen LogP contribution in [0.15, 0.2) is 24.3 Å². The summed E-state index contributed by atoms with van der Waals surface area (Å²) in [6, 6.07) is 6.16. The molecule has 0 saturated carbocycles. The van der Waals surface area contributed by atoms with Gasteiger partial charge in [0, 0.05) is 49.4 Å². The number of methoxy groups -OCH3 is 1. The number of halogens is 2. The van der Waals surface area contributed by atoms with Gasteiger partial charge in [-0.3, -0.25) is 14.9 Å². The molecule has 0 heterocycles. The maximum absolute atomic E-state index is 11.2. The molecule has 1 rings (SSSR count). The molecule has 100 valence electrons. The highest BCUT2D eigenvalue weighted by molar-refractivity contribution is 15.0. The first-order chi connectivity index (χ1) is 8.54. The second-order valence-electron chi connectivity index (χ2n) is 3.55. The molecule has 5 nitrogen and oxygen atoms in total. The predicted molar refractivity (Wildman–Crippen MR) is 86.0 cm³/mol. The van der Waals surface area contributed by atoms with Crippen molar-refractivity contribution in [1.82, 2.24) is 0 Å². The lowest BCUT2D eigenvalue weighted by atomic mass is 10.0. The van der Waals surface area contributed by atoms with Gasteiger partial charge >= 0.3 is 5.97 Å². The lowest BCUT2D eigenvalue weighted by molar-refractivity contribution is -0.384. The van der Waals surface area contributed by atoms with Gasteiger partial charge in [0.1, 0.15) is 0 Å². The molecule has 7 heteroatoms. The number of hydrogen-bond acceptors (Lipinski definition) is 4. The van der Waals surface area contributed by atoms with E-state index in [0.29, 0.717) is 6.42 Å². The van der Waals surface area contributed by atoms with Crippen LogP contribution in [0.5, 0.6) is 0 Å². The molecule has 0 aliphatic heterocycles. The quantitative estimate of drug-likeness (QED) is 0.287. The zero-order chi connectivity index (χ0) is 14.1. The number of ether oxygens (including phenoxy) is 1. The summed E-state index contributed by atoms with van der Waals surface area (Å²) in [4.78, 5) is 21.1. The molecule has 0 bridgehead atoms. The molecule has 0 aliphatic rings. The summed E-state index contributed by atoms with van der Waals surface area (Å²) in [5.41, 5.74) is 0.929. The van der Waals surface area contributed by atoms with Crippen molar-refractivity contribution in [3.63, 3.8) is 0 Å². The van der Waals surface area contributed by atoms with Gasteiger partial charge in [-0.15, -0.1) is 0 Å². The van der Waals surface area contributed by atoms with Gasteiger partial charge in [0.2, 0.25) is 0 Å². The van der Waals surface area contributed by atoms with Gasteiger partial charge in [0.25, 0.3) is 5.69 Å². The predicted octanol–water partition coefficient (Wildman–Crippen LogP) is 3.72. The van der Waals surface area contributed by atoms with Crippen molar-refractivity contribution < 1.29 is 14.5 Å². The zero-order valence-electron chi connectivity index (χ0n) is 9.93. The molecule has 0 N–H and O–H groups in total. The Hall–Kier alpha value is -0.450. The van der Waals surface area contributed by atoms with E-state index in [-0.39, 0.29) is 17.6 Å². The van der Waals surface area contributed by atoms with Crippen LogP contribution in [0.2, 0.25) is 0 Å². The minimum Gasteiger partial charge on any atom is -0.469 e. The summed E-state index contributed by atoms with van der Waals surface area (Å²) in [6.45, 7) is 1.76. The molecule has 1 aromatic rings. The Bertz CT molecular complexity index is 395. The fourth-order valence-electron chi connectivity index (χ4n) is 1.39. The Kier molecular flexibility index (Phi) is 9.24. The highest BCUT2D eigenvalue weighted by Crippen LogP contribution is 2.15. The second-order valence-corrected chi connectivity index (χ2v) is 3.55. The topological polar surface area (TPSA) is 69.4 Å². The van der Waals surface area contributed by atoms with Crippen LogP contribution in [-0.2, 0) is 16.0 Å². The summed E-state index contributed by atoms with van der Waals surface area (Å²) < 4.78 is 4.60. The van der Waals surface area contributed by atoms with E-state index in [1.54, 1.807) is 19.1 Å². The number of carbonyl (C=O) groups is 1. The Morgan fingerprint density at radius 2 is 1.89 bits per heavy atom. The van der Waals surface area contributed by atoms with E-state index in [0.717, 1.165) is 5.56 Å². The van der Waals surface area contributed by atoms with E-state index in [4.69, 9.17) is 0 Å². The Morgan fingerprint density at radius 1 is 1.39 bits per heavy atom. The molecule has 18 heavy (non-hydrogen) atoms. The van der Waals surface area contributed by atoms with Gasteiger partial charge in [-0.25, -0.2) is 0 Å². The minimum absolute atomic E-state index is 0.0504. The molecule has 0 radical (unpaired) electrons. The highest BCUT2D eigenvalue weighted by atomic mass is 128. The van der Waals surface area contributed by atoms with Crippen LogP contribution < -0.4 is 0 Å². The molecule has 0 amide bonds. The van der Waals surface area contributed by atoms with Crippen molar-refractivity contribution in [2.75, 3.05) is 7.11 Å². The molecule has 1 aromatic carbocycles. The van der Waals surface area contributed by atoms with Crippen LogP contribution in [0.3, 0.4) is 0 Å². The molecule has 1 atom stereocenters. The first kappa shape index (κ1) is 17.6. The molecule has 0 aliphatic carbocycles. The number of benzene rings is 1. The first-order valence-corrected chi connectivity index (χ1v) is 11.3. The number of rotatable bonds is 4. The van der Waals surface area contributed by atoms with Crippen molar-refractivity contribution in [2.24, 2.45) is 5.92 Å². The second kappa shape index (κ2) is 9.48. The van der Waals surface area contributed by atoms with Gasteiger partial charge in [0.15, 0.2) is 0 Å². The molecule has 0 saturated heterocycles. The van der Waals surface area contributed by atoms with Crippen LogP contribution in [0.1, 0.15) is 12.5 Å². The third-order valence-corrected chi connectivity index (χ3v) is 2.29. The molecule has 0 fully saturated rings.